The maximum atomic E-state index is 12.5. The second kappa shape index (κ2) is 9.21. The molecule has 1 heterocycles. The molecular weight excluding hydrogens is 380 g/mol. The molecule has 0 aliphatic carbocycles. The van der Waals surface area contributed by atoms with E-state index in [1.54, 1.807) is 26.0 Å². The van der Waals surface area contributed by atoms with Gasteiger partial charge in [-0.05, 0) is 42.2 Å². The number of carbonyl (C=O) groups excluding carboxylic acids is 1. The highest BCUT2D eigenvalue weighted by Crippen LogP contribution is 2.23. The van der Waals surface area contributed by atoms with Gasteiger partial charge in [-0.3, -0.25) is 4.79 Å². The molecule has 142 valence electrons. The van der Waals surface area contributed by atoms with Crippen LogP contribution in [0.5, 0.6) is 5.75 Å². The van der Waals surface area contributed by atoms with Gasteiger partial charge in [-0.25, -0.2) is 0 Å². The van der Waals surface area contributed by atoms with Crippen LogP contribution in [0.15, 0.2) is 52.4 Å². The lowest BCUT2D eigenvalue weighted by Crippen LogP contribution is -2.19. The van der Waals surface area contributed by atoms with Crippen LogP contribution in [0.1, 0.15) is 5.56 Å². The highest BCUT2D eigenvalue weighted by atomic mass is 32.2. The lowest BCUT2D eigenvalue weighted by atomic mass is 10.1. The van der Waals surface area contributed by atoms with Crippen molar-refractivity contribution in [3.8, 4) is 5.75 Å². The van der Waals surface area contributed by atoms with Crippen molar-refractivity contribution >= 4 is 39.2 Å². The van der Waals surface area contributed by atoms with E-state index >= 15 is 0 Å². The minimum Gasteiger partial charge on any atom is -0.497 e. The smallest absolute Gasteiger partial charge is 0.252 e. The van der Waals surface area contributed by atoms with Crippen LogP contribution in [-0.2, 0) is 22.5 Å². The third-order valence-corrected chi connectivity index (χ3v) is 5.93. The molecule has 0 bridgehead atoms. The molecule has 0 spiro atoms. The first-order chi connectivity index (χ1) is 13.1. The van der Waals surface area contributed by atoms with Crippen molar-refractivity contribution in [2.24, 2.45) is 4.99 Å². The van der Waals surface area contributed by atoms with Crippen LogP contribution in [0.2, 0.25) is 0 Å². The Kier molecular flexibility index (Phi) is 6.71. The zero-order valence-electron chi connectivity index (χ0n) is 15.6. The number of hydrogen-bond acceptors (Lipinski definition) is 5. The Morgan fingerprint density at radius 2 is 1.96 bits per heavy atom. The molecule has 1 aromatic heterocycles. The third kappa shape index (κ3) is 4.80. The second-order valence-electron chi connectivity index (χ2n) is 5.89. The highest BCUT2D eigenvalue weighted by Gasteiger charge is 2.10. The average Bonchev–Trinajstić information content (AvgIpc) is 3.02. The van der Waals surface area contributed by atoms with Gasteiger partial charge >= 0.3 is 0 Å². The van der Waals surface area contributed by atoms with Gasteiger partial charge < -0.3 is 14.0 Å². The fraction of sp³-hybridized carbons (Fsp3) is 0.300. The SMILES string of the molecule is COCCn1c(=NC(=O)Cc2ccc(SC)cc2)sc2cc(OC)ccc21. The number of rotatable bonds is 7. The summed E-state index contributed by atoms with van der Waals surface area (Å²) >= 11 is 3.17. The summed E-state index contributed by atoms with van der Waals surface area (Å²) in [6, 6.07) is 13.9. The van der Waals surface area contributed by atoms with E-state index in [2.05, 4.69) is 4.99 Å². The monoisotopic (exact) mass is 402 g/mol. The summed E-state index contributed by atoms with van der Waals surface area (Å²) in [5.41, 5.74) is 1.99. The van der Waals surface area contributed by atoms with Gasteiger partial charge in [0.2, 0.25) is 0 Å². The molecule has 0 aliphatic rings. The Morgan fingerprint density at radius 1 is 1.19 bits per heavy atom. The molecule has 0 N–H and O–H groups in total. The average molecular weight is 403 g/mol. The molecule has 0 unspecified atom stereocenters. The Morgan fingerprint density at radius 3 is 2.63 bits per heavy atom. The van der Waals surface area contributed by atoms with Crippen molar-refractivity contribution in [2.75, 3.05) is 27.1 Å². The predicted octanol–water partition coefficient (Wildman–Crippen LogP) is 3.75. The van der Waals surface area contributed by atoms with Gasteiger partial charge in [-0.2, -0.15) is 4.99 Å². The number of ether oxygens (including phenoxy) is 2. The molecule has 2 aromatic carbocycles. The second-order valence-corrected chi connectivity index (χ2v) is 7.78. The maximum Gasteiger partial charge on any atom is 0.252 e. The van der Waals surface area contributed by atoms with E-state index in [-0.39, 0.29) is 12.3 Å². The zero-order valence-corrected chi connectivity index (χ0v) is 17.2. The number of carbonyl (C=O) groups is 1. The number of amides is 1. The number of aromatic nitrogens is 1. The van der Waals surface area contributed by atoms with Crippen molar-refractivity contribution in [1.82, 2.24) is 4.57 Å². The van der Waals surface area contributed by atoms with Crippen LogP contribution in [-0.4, -0.2) is 37.6 Å². The van der Waals surface area contributed by atoms with Gasteiger partial charge in [-0.1, -0.05) is 23.5 Å². The predicted molar refractivity (Wildman–Crippen MR) is 111 cm³/mol. The number of nitrogens with zero attached hydrogens (tertiary/aromatic N) is 2. The molecule has 0 aliphatic heterocycles. The quantitative estimate of drug-likeness (QED) is 0.565. The van der Waals surface area contributed by atoms with Crippen LogP contribution in [0.4, 0.5) is 0 Å². The molecule has 0 fully saturated rings. The number of thioether (sulfide) groups is 1. The molecule has 7 heteroatoms. The minimum atomic E-state index is -0.156. The molecule has 0 saturated heterocycles. The van der Waals surface area contributed by atoms with Crippen molar-refractivity contribution in [1.29, 1.82) is 0 Å². The first kappa shape index (κ1) is 19.7. The fourth-order valence-electron chi connectivity index (χ4n) is 2.73. The topological polar surface area (TPSA) is 52.8 Å². The van der Waals surface area contributed by atoms with Crippen LogP contribution in [0.25, 0.3) is 10.2 Å². The molecular formula is C20H22N2O3S2. The normalized spacial score (nSPS) is 11.9. The molecule has 1 amide bonds. The Bertz CT molecular complexity index is 991. The van der Waals surface area contributed by atoms with E-state index in [1.807, 2.05) is 53.3 Å². The van der Waals surface area contributed by atoms with Crippen molar-refractivity contribution in [3.63, 3.8) is 0 Å². The van der Waals surface area contributed by atoms with E-state index in [9.17, 15) is 4.79 Å². The van der Waals surface area contributed by atoms with Gasteiger partial charge in [0.25, 0.3) is 5.91 Å². The summed E-state index contributed by atoms with van der Waals surface area (Å²) in [6.45, 7) is 1.19. The molecule has 3 rings (SSSR count). The number of methoxy groups -OCH3 is 2. The van der Waals surface area contributed by atoms with Crippen LogP contribution in [0.3, 0.4) is 0 Å². The zero-order chi connectivity index (χ0) is 19.2. The molecule has 27 heavy (non-hydrogen) atoms. The summed E-state index contributed by atoms with van der Waals surface area (Å²) < 4.78 is 13.6. The lowest BCUT2D eigenvalue weighted by Gasteiger charge is -2.05. The number of hydrogen-bond donors (Lipinski definition) is 0. The molecule has 0 saturated carbocycles. The van der Waals surface area contributed by atoms with Gasteiger partial charge in [0.1, 0.15) is 5.75 Å². The Balaban J connectivity index is 1.93. The van der Waals surface area contributed by atoms with Gasteiger partial charge in [0, 0.05) is 18.6 Å². The fourth-order valence-corrected chi connectivity index (χ4v) is 4.24. The van der Waals surface area contributed by atoms with Gasteiger partial charge in [0.15, 0.2) is 4.80 Å². The van der Waals surface area contributed by atoms with E-state index in [1.165, 1.54) is 16.2 Å². The van der Waals surface area contributed by atoms with E-state index in [0.717, 1.165) is 21.5 Å². The first-order valence-corrected chi connectivity index (χ1v) is 10.6. The third-order valence-electron chi connectivity index (χ3n) is 4.14. The summed E-state index contributed by atoms with van der Waals surface area (Å²) in [6.07, 6.45) is 2.32. The van der Waals surface area contributed by atoms with Crippen molar-refractivity contribution in [2.45, 2.75) is 17.9 Å². The minimum absolute atomic E-state index is 0.156. The van der Waals surface area contributed by atoms with Crippen molar-refractivity contribution in [3.05, 3.63) is 52.8 Å². The van der Waals surface area contributed by atoms with E-state index in [4.69, 9.17) is 9.47 Å². The number of benzene rings is 2. The molecule has 0 atom stereocenters. The summed E-state index contributed by atoms with van der Waals surface area (Å²) in [5, 5.41) is 0. The summed E-state index contributed by atoms with van der Waals surface area (Å²) in [7, 11) is 3.31. The van der Waals surface area contributed by atoms with Crippen molar-refractivity contribution < 1.29 is 14.3 Å². The number of thiazole rings is 1. The summed E-state index contributed by atoms with van der Waals surface area (Å²) in [5.74, 6) is 0.631. The molecule has 0 radical (unpaired) electrons. The van der Waals surface area contributed by atoms with E-state index < -0.39 is 0 Å². The highest BCUT2D eigenvalue weighted by molar-refractivity contribution is 7.98. The van der Waals surface area contributed by atoms with E-state index in [0.29, 0.717) is 18.0 Å². The maximum absolute atomic E-state index is 12.5. The Labute approximate surface area is 166 Å². The molecule has 3 aromatic rings. The largest absolute Gasteiger partial charge is 0.497 e. The van der Waals surface area contributed by atoms with Gasteiger partial charge in [-0.15, -0.1) is 11.8 Å². The molecule has 5 nitrogen and oxygen atoms in total. The van der Waals surface area contributed by atoms with Crippen LogP contribution >= 0.6 is 23.1 Å². The Hall–Kier alpha value is -2.09. The standard InChI is InChI=1S/C20H22N2O3S2/c1-24-11-10-22-17-9-6-15(25-2)13-18(17)27-20(22)21-19(23)12-14-4-7-16(26-3)8-5-14/h4-9,13H,10-12H2,1-3H3. The first-order valence-electron chi connectivity index (χ1n) is 8.51. The van der Waals surface area contributed by atoms with Crippen LogP contribution < -0.4 is 9.54 Å². The van der Waals surface area contributed by atoms with Crippen LogP contribution in [0, 0.1) is 0 Å². The lowest BCUT2D eigenvalue weighted by molar-refractivity contribution is -0.117. The number of fused-ring (bicyclic) bond motifs is 1. The summed E-state index contributed by atoms with van der Waals surface area (Å²) in [4.78, 5) is 18.8. The van der Waals surface area contributed by atoms with Gasteiger partial charge in [0.05, 0.1) is 30.4 Å².